The minimum absolute atomic E-state index is 0.0694. The number of aliphatic hydroxyl groups is 2. The number of hydrogen-bond acceptors (Lipinski definition) is 2. The van der Waals surface area contributed by atoms with Gasteiger partial charge in [-0.2, -0.15) is 13.2 Å². The molecular formula is C28H45F3O2. The number of aliphatic hydroxyl groups excluding tert-OH is 1. The Morgan fingerprint density at radius 3 is 2.36 bits per heavy atom. The van der Waals surface area contributed by atoms with Crippen molar-refractivity contribution in [1.29, 1.82) is 0 Å². The van der Waals surface area contributed by atoms with Gasteiger partial charge in [0.15, 0.2) is 5.60 Å². The van der Waals surface area contributed by atoms with E-state index in [-0.39, 0.29) is 29.8 Å². The summed E-state index contributed by atoms with van der Waals surface area (Å²) in [7, 11) is 0. The van der Waals surface area contributed by atoms with Gasteiger partial charge in [-0.3, -0.25) is 0 Å². The van der Waals surface area contributed by atoms with Gasteiger partial charge >= 0.3 is 6.18 Å². The molecule has 190 valence electrons. The molecule has 8 atom stereocenters. The monoisotopic (exact) mass is 470 g/mol. The van der Waals surface area contributed by atoms with Gasteiger partial charge < -0.3 is 10.2 Å². The topological polar surface area (TPSA) is 40.5 Å². The summed E-state index contributed by atoms with van der Waals surface area (Å²) in [5, 5.41) is 20.8. The van der Waals surface area contributed by atoms with Crippen molar-refractivity contribution in [3.63, 3.8) is 0 Å². The fraction of sp³-hybridized carbons (Fsp3) is 0.929. The summed E-state index contributed by atoms with van der Waals surface area (Å²) in [6.45, 7) is 11.0. The third-order valence-corrected chi connectivity index (χ3v) is 10.9. The number of rotatable bonds is 4. The Labute approximate surface area is 198 Å². The van der Waals surface area contributed by atoms with E-state index in [4.69, 9.17) is 0 Å². The molecule has 0 amide bonds. The van der Waals surface area contributed by atoms with Crippen molar-refractivity contribution in [1.82, 2.24) is 0 Å². The van der Waals surface area contributed by atoms with Crippen molar-refractivity contribution >= 4 is 0 Å². The van der Waals surface area contributed by atoms with E-state index in [0.717, 1.165) is 37.7 Å². The van der Waals surface area contributed by atoms with Crippen LogP contribution >= 0.6 is 0 Å². The van der Waals surface area contributed by atoms with E-state index < -0.39 is 11.8 Å². The molecule has 4 aliphatic carbocycles. The molecule has 0 heterocycles. The number of halogens is 3. The Morgan fingerprint density at radius 2 is 1.73 bits per heavy atom. The van der Waals surface area contributed by atoms with Gasteiger partial charge in [0, 0.05) is 6.42 Å². The molecule has 0 saturated heterocycles. The van der Waals surface area contributed by atoms with E-state index in [0.29, 0.717) is 35.5 Å². The van der Waals surface area contributed by atoms with Crippen LogP contribution in [0, 0.1) is 39.9 Å². The van der Waals surface area contributed by atoms with Crippen LogP contribution in [0.15, 0.2) is 11.6 Å². The molecule has 4 rings (SSSR count). The molecule has 0 aliphatic heterocycles. The molecule has 3 fully saturated rings. The summed E-state index contributed by atoms with van der Waals surface area (Å²) in [6.07, 6.45) is 6.01. The lowest BCUT2D eigenvalue weighted by Gasteiger charge is -2.59. The zero-order valence-electron chi connectivity index (χ0n) is 21.3. The van der Waals surface area contributed by atoms with Gasteiger partial charge in [0.05, 0.1) is 6.10 Å². The van der Waals surface area contributed by atoms with Gasteiger partial charge in [0.1, 0.15) is 0 Å². The van der Waals surface area contributed by atoms with E-state index in [1.54, 1.807) is 0 Å². The summed E-state index contributed by atoms with van der Waals surface area (Å²) in [6, 6.07) is 0. The SMILES string of the molecule is CC(C)(C)C(O)CCC[C@H]1CC[C@H]2[C@@H]3CC=C4C[C@](O)(C(F)(F)F)CC[C@]4(C)[C@H]3CC[C@]12C. The van der Waals surface area contributed by atoms with Crippen LogP contribution in [0.3, 0.4) is 0 Å². The average molecular weight is 471 g/mol. The van der Waals surface area contributed by atoms with Crippen molar-refractivity contribution in [2.45, 2.75) is 123 Å². The molecular weight excluding hydrogens is 425 g/mol. The van der Waals surface area contributed by atoms with Crippen LogP contribution in [0.25, 0.3) is 0 Å². The minimum Gasteiger partial charge on any atom is -0.393 e. The van der Waals surface area contributed by atoms with Crippen LogP contribution in [0.4, 0.5) is 13.2 Å². The maximum atomic E-state index is 13.5. The van der Waals surface area contributed by atoms with E-state index >= 15 is 0 Å². The Kier molecular flexibility index (Phi) is 6.39. The number of hydrogen-bond donors (Lipinski definition) is 2. The van der Waals surface area contributed by atoms with Crippen molar-refractivity contribution < 1.29 is 23.4 Å². The highest BCUT2D eigenvalue weighted by molar-refractivity contribution is 5.27. The lowest BCUT2D eigenvalue weighted by molar-refractivity contribution is -0.271. The van der Waals surface area contributed by atoms with Crippen LogP contribution in [-0.4, -0.2) is 28.1 Å². The van der Waals surface area contributed by atoms with Gasteiger partial charge in [-0.1, -0.05) is 52.7 Å². The quantitative estimate of drug-likeness (QED) is 0.419. The zero-order chi connectivity index (χ0) is 24.4. The van der Waals surface area contributed by atoms with Crippen LogP contribution in [0.1, 0.15) is 105 Å². The number of fused-ring (bicyclic) bond motifs is 5. The molecule has 4 aliphatic rings. The second kappa shape index (κ2) is 8.25. The van der Waals surface area contributed by atoms with Crippen LogP contribution in [-0.2, 0) is 0 Å². The first-order valence-electron chi connectivity index (χ1n) is 13.3. The summed E-state index contributed by atoms with van der Waals surface area (Å²) >= 11 is 0. The fourth-order valence-electron chi connectivity index (χ4n) is 8.46. The lowest BCUT2D eigenvalue weighted by Crippen LogP contribution is -2.55. The smallest absolute Gasteiger partial charge is 0.393 e. The van der Waals surface area contributed by atoms with Crippen molar-refractivity contribution in [3.8, 4) is 0 Å². The third-order valence-electron chi connectivity index (χ3n) is 10.9. The second-order valence-electron chi connectivity index (χ2n) is 13.6. The largest absolute Gasteiger partial charge is 0.417 e. The molecule has 33 heavy (non-hydrogen) atoms. The molecule has 3 saturated carbocycles. The predicted molar refractivity (Wildman–Crippen MR) is 126 cm³/mol. The average Bonchev–Trinajstić information content (AvgIpc) is 3.03. The maximum absolute atomic E-state index is 13.5. The lowest BCUT2D eigenvalue weighted by atomic mass is 9.46. The normalized spacial score (nSPS) is 44.5. The van der Waals surface area contributed by atoms with Gasteiger partial charge in [-0.15, -0.1) is 0 Å². The first-order chi connectivity index (χ1) is 15.1. The highest BCUT2D eigenvalue weighted by Gasteiger charge is 2.63. The Hall–Kier alpha value is -0.550. The number of alkyl halides is 3. The summed E-state index contributed by atoms with van der Waals surface area (Å²) < 4.78 is 40.6. The van der Waals surface area contributed by atoms with Crippen LogP contribution in [0.2, 0.25) is 0 Å². The molecule has 0 bridgehead atoms. The first-order valence-corrected chi connectivity index (χ1v) is 13.3. The van der Waals surface area contributed by atoms with Crippen LogP contribution < -0.4 is 0 Å². The molecule has 1 unspecified atom stereocenters. The second-order valence-corrected chi connectivity index (χ2v) is 13.6. The van der Waals surface area contributed by atoms with E-state index in [2.05, 4.69) is 40.7 Å². The zero-order valence-corrected chi connectivity index (χ0v) is 21.3. The third kappa shape index (κ3) is 4.21. The predicted octanol–water partition coefficient (Wildman–Crippen LogP) is 7.44. The molecule has 0 aromatic carbocycles. The van der Waals surface area contributed by atoms with Crippen molar-refractivity contribution in [3.05, 3.63) is 11.6 Å². The van der Waals surface area contributed by atoms with Gasteiger partial charge in [0.25, 0.3) is 0 Å². The highest BCUT2D eigenvalue weighted by atomic mass is 19.4. The minimum atomic E-state index is -4.56. The van der Waals surface area contributed by atoms with Gasteiger partial charge in [-0.25, -0.2) is 0 Å². The molecule has 0 radical (unpaired) electrons. The highest BCUT2D eigenvalue weighted by Crippen LogP contribution is 2.67. The Balaban J connectivity index is 1.46. The van der Waals surface area contributed by atoms with Gasteiger partial charge in [-0.05, 0) is 97.7 Å². The standard InChI is InChI=1S/C28H45F3O2/c1-24(2,3)23(32)8-6-7-18-10-12-21-20-11-9-19-17-27(33,28(29,30)31)16-15-26(19,5)22(20)13-14-25(18,21)4/h9,18,20-23,32-33H,6-8,10-17H2,1-5H3/t18-,20-,21-,22-,23?,25+,26-,27-/m0/s1. The van der Waals surface area contributed by atoms with E-state index in [1.807, 2.05) is 0 Å². The molecule has 2 N–H and O–H groups in total. The van der Waals surface area contributed by atoms with Crippen LogP contribution in [0.5, 0.6) is 0 Å². The fourth-order valence-corrected chi connectivity index (χ4v) is 8.46. The Bertz CT molecular complexity index is 768. The molecule has 0 aromatic rings. The Morgan fingerprint density at radius 1 is 1.03 bits per heavy atom. The van der Waals surface area contributed by atoms with E-state index in [1.165, 1.54) is 19.3 Å². The van der Waals surface area contributed by atoms with Crippen molar-refractivity contribution in [2.75, 3.05) is 0 Å². The summed E-state index contributed by atoms with van der Waals surface area (Å²) in [4.78, 5) is 0. The van der Waals surface area contributed by atoms with E-state index in [9.17, 15) is 23.4 Å². The summed E-state index contributed by atoms with van der Waals surface area (Å²) in [5.41, 5.74) is -1.64. The molecule has 5 heteroatoms. The molecule has 0 spiro atoms. The van der Waals surface area contributed by atoms with Crippen molar-refractivity contribution in [2.24, 2.45) is 39.9 Å². The molecule has 2 nitrogen and oxygen atoms in total. The summed E-state index contributed by atoms with van der Waals surface area (Å²) in [5.74, 6) is 2.33. The molecule has 0 aromatic heterocycles. The van der Waals surface area contributed by atoms with Gasteiger partial charge in [0.2, 0.25) is 0 Å². The first kappa shape index (κ1) is 25.5. The maximum Gasteiger partial charge on any atom is 0.417 e. The number of allylic oxidation sites excluding steroid dienone is 1.